The van der Waals surface area contributed by atoms with Gasteiger partial charge >= 0.3 is 6.18 Å². The Balaban J connectivity index is 1.54. The second-order valence-corrected chi connectivity index (χ2v) is 6.28. The van der Waals surface area contributed by atoms with Crippen molar-refractivity contribution in [1.29, 1.82) is 0 Å². The van der Waals surface area contributed by atoms with Crippen LogP contribution in [0.15, 0.2) is 30.5 Å². The first-order chi connectivity index (χ1) is 11.4. The summed E-state index contributed by atoms with van der Waals surface area (Å²) in [6.07, 6.45) is -1.74. The van der Waals surface area contributed by atoms with Crippen LogP contribution in [0.3, 0.4) is 0 Å². The molecule has 0 radical (unpaired) electrons. The molecule has 130 valence electrons. The Hall–Kier alpha value is -1.73. The van der Waals surface area contributed by atoms with E-state index in [1.165, 1.54) is 17.0 Å². The number of alkyl halides is 3. The number of likely N-dealkylation sites (tertiary alicyclic amines) is 1. The zero-order valence-corrected chi connectivity index (χ0v) is 13.1. The summed E-state index contributed by atoms with van der Waals surface area (Å²) in [7, 11) is 0. The molecule has 1 saturated heterocycles. The molecule has 3 rings (SSSR count). The second-order valence-electron chi connectivity index (χ2n) is 6.28. The number of nitrogens with zero attached hydrogens (tertiary/aromatic N) is 2. The maximum atomic E-state index is 13.7. The van der Waals surface area contributed by atoms with Crippen LogP contribution in [-0.2, 0) is 6.54 Å². The van der Waals surface area contributed by atoms with Crippen molar-refractivity contribution in [2.75, 3.05) is 26.2 Å². The van der Waals surface area contributed by atoms with Gasteiger partial charge in [0.15, 0.2) is 0 Å². The number of rotatable bonds is 5. The summed E-state index contributed by atoms with van der Waals surface area (Å²) >= 11 is 0. The first-order valence-electron chi connectivity index (χ1n) is 7.94. The van der Waals surface area contributed by atoms with Gasteiger partial charge in [-0.2, -0.15) is 13.2 Å². The topological polar surface area (TPSA) is 28.2 Å². The van der Waals surface area contributed by atoms with Gasteiger partial charge in [0.2, 0.25) is 0 Å². The van der Waals surface area contributed by atoms with E-state index in [2.05, 4.69) is 10.3 Å². The first-order valence-corrected chi connectivity index (χ1v) is 7.94. The molecule has 0 unspecified atom stereocenters. The lowest BCUT2D eigenvalue weighted by atomic mass is 10.1. The molecule has 0 aliphatic carbocycles. The summed E-state index contributed by atoms with van der Waals surface area (Å²) in [5, 5.41) is 3.97. The Morgan fingerprint density at radius 1 is 1.29 bits per heavy atom. The van der Waals surface area contributed by atoms with E-state index in [0.717, 1.165) is 22.9 Å². The highest BCUT2D eigenvalue weighted by atomic mass is 19.4. The summed E-state index contributed by atoms with van der Waals surface area (Å²) in [4.78, 5) is 5.72. The van der Waals surface area contributed by atoms with Gasteiger partial charge in [-0.3, -0.25) is 9.88 Å². The van der Waals surface area contributed by atoms with Crippen molar-refractivity contribution in [2.45, 2.75) is 19.1 Å². The molecule has 1 fully saturated rings. The first kappa shape index (κ1) is 17.1. The van der Waals surface area contributed by atoms with E-state index in [-0.39, 0.29) is 11.7 Å². The van der Waals surface area contributed by atoms with E-state index in [1.54, 1.807) is 18.3 Å². The molecule has 3 nitrogen and oxygen atoms in total. The normalized spacial score (nSPS) is 19.2. The van der Waals surface area contributed by atoms with Crippen LogP contribution in [0.1, 0.15) is 12.0 Å². The van der Waals surface area contributed by atoms with Gasteiger partial charge in [-0.1, -0.05) is 6.07 Å². The van der Waals surface area contributed by atoms with Crippen molar-refractivity contribution in [3.05, 3.63) is 41.8 Å². The number of fused-ring (bicyclic) bond motifs is 1. The Labute approximate surface area is 137 Å². The number of pyridine rings is 1. The molecule has 0 bridgehead atoms. The highest BCUT2D eigenvalue weighted by Gasteiger charge is 2.34. The molecular formula is C17H19F4N3. The summed E-state index contributed by atoms with van der Waals surface area (Å²) in [6, 6.07) is 6.46. The predicted molar refractivity (Wildman–Crippen MR) is 84.0 cm³/mol. The van der Waals surface area contributed by atoms with Crippen molar-refractivity contribution < 1.29 is 17.6 Å². The number of aromatic nitrogens is 1. The molecule has 1 N–H and O–H groups in total. The van der Waals surface area contributed by atoms with Gasteiger partial charge in [-0.15, -0.1) is 0 Å². The van der Waals surface area contributed by atoms with Crippen molar-refractivity contribution in [3.63, 3.8) is 0 Å². The molecule has 7 heteroatoms. The maximum Gasteiger partial charge on any atom is 0.401 e. The van der Waals surface area contributed by atoms with Crippen molar-refractivity contribution >= 4 is 10.9 Å². The van der Waals surface area contributed by atoms with Gasteiger partial charge in [-0.05, 0) is 49.2 Å². The highest BCUT2D eigenvalue weighted by molar-refractivity contribution is 5.81. The molecular weight excluding hydrogens is 322 g/mol. The van der Waals surface area contributed by atoms with Crippen LogP contribution in [-0.4, -0.2) is 42.2 Å². The largest absolute Gasteiger partial charge is 0.401 e. The lowest BCUT2D eigenvalue weighted by Gasteiger charge is -2.18. The summed E-state index contributed by atoms with van der Waals surface area (Å²) in [6.45, 7) is 1.12. The third-order valence-electron chi connectivity index (χ3n) is 4.27. The zero-order chi connectivity index (χ0) is 17.2. The minimum absolute atomic E-state index is 0.181. The summed E-state index contributed by atoms with van der Waals surface area (Å²) < 4.78 is 50.8. The van der Waals surface area contributed by atoms with Gasteiger partial charge in [-0.25, -0.2) is 4.39 Å². The number of halogens is 4. The van der Waals surface area contributed by atoms with Crippen LogP contribution in [0.2, 0.25) is 0 Å². The molecule has 2 heterocycles. The van der Waals surface area contributed by atoms with E-state index in [9.17, 15) is 17.6 Å². The standard InChI is InChI=1S/C17H19F4N3/c18-15-6-13-2-1-4-23-16(13)14(7-15)9-22-8-12-3-5-24(10-12)11-17(19,20)21/h1-2,4,6-7,12,22H,3,5,8-11H2/t12-/m1/s1. The van der Waals surface area contributed by atoms with Gasteiger partial charge < -0.3 is 5.32 Å². The highest BCUT2D eigenvalue weighted by Crippen LogP contribution is 2.23. The second kappa shape index (κ2) is 7.03. The quantitative estimate of drug-likeness (QED) is 0.846. The smallest absolute Gasteiger partial charge is 0.312 e. The van der Waals surface area contributed by atoms with Gasteiger partial charge in [0.1, 0.15) is 5.82 Å². The van der Waals surface area contributed by atoms with Crippen LogP contribution in [0, 0.1) is 11.7 Å². The molecule has 1 aromatic carbocycles. The van der Waals surface area contributed by atoms with Crippen LogP contribution in [0.4, 0.5) is 17.6 Å². The van der Waals surface area contributed by atoms with Crippen LogP contribution in [0.25, 0.3) is 10.9 Å². The lowest BCUT2D eigenvalue weighted by Crippen LogP contribution is -2.33. The Bertz CT molecular complexity index is 702. The minimum atomic E-state index is -4.14. The zero-order valence-electron chi connectivity index (χ0n) is 13.1. The van der Waals surface area contributed by atoms with E-state index in [0.29, 0.717) is 26.2 Å². The molecule has 1 atom stereocenters. The molecule has 0 spiro atoms. The Morgan fingerprint density at radius 3 is 2.92 bits per heavy atom. The van der Waals surface area contributed by atoms with Crippen molar-refractivity contribution in [1.82, 2.24) is 15.2 Å². The van der Waals surface area contributed by atoms with Crippen molar-refractivity contribution in [2.24, 2.45) is 5.92 Å². The van der Waals surface area contributed by atoms with Gasteiger partial charge in [0, 0.05) is 24.7 Å². The SMILES string of the molecule is Fc1cc(CNC[C@H]2CCN(CC(F)(F)F)C2)c2ncccc2c1. The molecule has 1 aromatic heterocycles. The number of benzene rings is 1. The monoisotopic (exact) mass is 341 g/mol. The molecule has 2 aromatic rings. The molecule has 0 amide bonds. The summed E-state index contributed by atoms with van der Waals surface area (Å²) in [5.41, 5.74) is 1.51. The average Bonchev–Trinajstić information content (AvgIpc) is 2.92. The van der Waals surface area contributed by atoms with Crippen LogP contribution in [0.5, 0.6) is 0 Å². The Morgan fingerprint density at radius 2 is 2.12 bits per heavy atom. The average molecular weight is 341 g/mol. The lowest BCUT2D eigenvalue weighted by molar-refractivity contribution is -0.143. The maximum absolute atomic E-state index is 13.7. The molecule has 1 aliphatic rings. The van der Waals surface area contributed by atoms with Crippen LogP contribution >= 0.6 is 0 Å². The number of nitrogens with one attached hydrogen (secondary N) is 1. The van der Waals surface area contributed by atoms with Crippen LogP contribution < -0.4 is 5.32 Å². The molecule has 24 heavy (non-hydrogen) atoms. The number of hydrogen-bond donors (Lipinski definition) is 1. The number of hydrogen-bond acceptors (Lipinski definition) is 3. The van der Waals surface area contributed by atoms with Crippen molar-refractivity contribution in [3.8, 4) is 0 Å². The molecule has 0 saturated carbocycles. The third-order valence-corrected chi connectivity index (χ3v) is 4.27. The predicted octanol–water partition coefficient (Wildman–Crippen LogP) is 3.35. The van der Waals surface area contributed by atoms with E-state index in [4.69, 9.17) is 0 Å². The Kier molecular flexibility index (Phi) is 5.01. The van der Waals surface area contributed by atoms with E-state index < -0.39 is 12.7 Å². The fourth-order valence-corrected chi connectivity index (χ4v) is 3.25. The molecule has 1 aliphatic heterocycles. The fraction of sp³-hybridized carbons (Fsp3) is 0.471. The van der Waals surface area contributed by atoms with E-state index in [1.807, 2.05) is 0 Å². The van der Waals surface area contributed by atoms with Gasteiger partial charge in [0.25, 0.3) is 0 Å². The van der Waals surface area contributed by atoms with Gasteiger partial charge in [0.05, 0.1) is 12.1 Å². The summed E-state index contributed by atoms with van der Waals surface area (Å²) in [5.74, 6) is -0.135. The fourth-order valence-electron chi connectivity index (χ4n) is 3.25. The third kappa shape index (κ3) is 4.42. The van der Waals surface area contributed by atoms with E-state index >= 15 is 0 Å². The minimum Gasteiger partial charge on any atom is -0.312 e.